The molecule has 1 aromatic carbocycles. The van der Waals surface area contributed by atoms with E-state index in [9.17, 15) is 14.4 Å². The number of nitrogens with zero attached hydrogens (tertiary/aromatic N) is 1. The van der Waals surface area contributed by atoms with Crippen LogP contribution in [0.2, 0.25) is 0 Å². The Morgan fingerprint density at radius 1 is 1.29 bits per heavy atom. The summed E-state index contributed by atoms with van der Waals surface area (Å²) in [5.74, 6) is -1.11. The summed E-state index contributed by atoms with van der Waals surface area (Å²) < 4.78 is 10.9. The monoisotopic (exact) mass is 334 g/mol. The molecular weight excluding hydrogens is 316 g/mol. The van der Waals surface area contributed by atoms with E-state index in [0.29, 0.717) is 30.4 Å². The topological polar surface area (TPSA) is 105 Å². The maximum absolute atomic E-state index is 12.2. The lowest BCUT2D eigenvalue weighted by Gasteiger charge is -2.22. The van der Waals surface area contributed by atoms with E-state index in [0.717, 1.165) is 0 Å². The summed E-state index contributed by atoms with van der Waals surface area (Å²) in [7, 11) is 0. The highest BCUT2D eigenvalue weighted by Crippen LogP contribution is 2.35. The van der Waals surface area contributed by atoms with Crippen LogP contribution < -0.4 is 19.7 Å². The number of hydrogen-bond donors (Lipinski definition) is 2. The molecule has 1 saturated heterocycles. The third-order valence-electron chi connectivity index (χ3n) is 4.06. The molecule has 2 amide bonds. The highest BCUT2D eigenvalue weighted by Gasteiger charge is 2.36. The number of ether oxygens (including phenoxy) is 2. The van der Waals surface area contributed by atoms with Gasteiger partial charge in [-0.25, -0.2) is 0 Å². The Morgan fingerprint density at radius 2 is 2.00 bits per heavy atom. The van der Waals surface area contributed by atoms with Gasteiger partial charge in [0.25, 0.3) is 0 Å². The molecule has 2 heterocycles. The molecular formula is C16H18N2O6. The van der Waals surface area contributed by atoms with Crippen LogP contribution in [0, 0.1) is 5.92 Å². The van der Waals surface area contributed by atoms with Crippen LogP contribution in [0.1, 0.15) is 13.3 Å². The Labute approximate surface area is 138 Å². The smallest absolute Gasteiger partial charge is 0.325 e. The van der Waals surface area contributed by atoms with E-state index >= 15 is 0 Å². The van der Waals surface area contributed by atoms with Gasteiger partial charge in [0.15, 0.2) is 11.5 Å². The molecule has 2 atom stereocenters. The first kappa shape index (κ1) is 16.1. The van der Waals surface area contributed by atoms with Gasteiger partial charge >= 0.3 is 5.97 Å². The van der Waals surface area contributed by atoms with Gasteiger partial charge in [-0.3, -0.25) is 14.4 Å². The Bertz CT molecular complexity index is 689. The van der Waals surface area contributed by atoms with Crippen LogP contribution >= 0.6 is 0 Å². The SMILES string of the molecule is C[C@H](NC(=O)C1CC(=O)N(c2ccc3c(c2)OCCO3)C1)C(=O)O. The zero-order chi connectivity index (χ0) is 17.3. The lowest BCUT2D eigenvalue weighted by molar-refractivity contribution is -0.141. The van der Waals surface area contributed by atoms with Crippen LogP contribution in [0.3, 0.4) is 0 Å². The average molecular weight is 334 g/mol. The van der Waals surface area contributed by atoms with Gasteiger partial charge < -0.3 is 24.8 Å². The fraction of sp³-hybridized carbons (Fsp3) is 0.438. The van der Waals surface area contributed by atoms with E-state index < -0.39 is 23.8 Å². The number of carboxylic acids is 1. The largest absolute Gasteiger partial charge is 0.486 e. The van der Waals surface area contributed by atoms with Crippen molar-refractivity contribution >= 4 is 23.5 Å². The van der Waals surface area contributed by atoms with Crippen LogP contribution in [0.4, 0.5) is 5.69 Å². The van der Waals surface area contributed by atoms with Gasteiger partial charge in [0.2, 0.25) is 11.8 Å². The number of carbonyl (C=O) groups excluding carboxylic acids is 2. The van der Waals surface area contributed by atoms with Crippen LogP contribution in [0.15, 0.2) is 18.2 Å². The van der Waals surface area contributed by atoms with Crippen LogP contribution in [-0.2, 0) is 14.4 Å². The van der Waals surface area contributed by atoms with E-state index in [1.807, 2.05) is 0 Å². The Hall–Kier alpha value is -2.77. The van der Waals surface area contributed by atoms with Gasteiger partial charge in [-0.2, -0.15) is 0 Å². The van der Waals surface area contributed by atoms with E-state index in [2.05, 4.69) is 5.32 Å². The summed E-state index contributed by atoms with van der Waals surface area (Å²) in [6, 6.07) is 4.20. The molecule has 0 aromatic heterocycles. The molecule has 8 nitrogen and oxygen atoms in total. The molecule has 2 aliphatic rings. The summed E-state index contributed by atoms with van der Waals surface area (Å²) in [6.45, 7) is 2.52. The van der Waals surface area contributed by atoms with Gasteiger partial charge in [-0.05, 0) is 19.1 Å². The van der Waals surface area contributed by atoms with Crippen molar-refractivity contribution in [2.24, 2.45) is 5.92 Å². The predicted octanol–water partition coefficient (Wildman–Crippen LogP) is 0.400. The summed E-state index contributed by atoms with van der Waals surface area (Å²) in [5.41, 5.74) is 0.630. The van der Waals surface area contributed by atoms with Gasteiger partial charge in [0.05, 0.1) is 5.92 Å². The lowest BCUT2D eigenvalue weighted by Crippen LogP contribution is -2.42. The van der Waals surface area contributed by atoms with Crippen molar-refractivity contribution in [3.8, 4) is 11.5 Å². The third kappa shape index (κ3) is 3.12. The summed E-state index contributed by atoms with van der Waals surface area (Å²) in [4.78, 5) is 36.7. The second kappa shape index (κ2) is 6.38. The number of hydrogen-bond acceptors (Lipinski definition) is 5. The van der Waals surface area contributed by atoms with Crippen molar-refractivity contribution in [1.82, 2.24) is 5.32 Å². The standard InChI is InChI=1S/C16H18N2O6/c1-9(16(21)22)17-15(20)10-6-14(19)18(8-10)11-2-3-12-13(7-11)24-5-4-23-12/h2-3,7,9-10H,4-6,8H2,1H3,(H,17,20)(H,21,22)/t9-,10?/m0/s1. The van der Waals surface area contributed by atoms with Gasteiger partial charge in [-0.1, -0.05) is 0 Å². The number of carbonyl (C=O) groups is 3. The van der Waals surface area contributed by atoms with Gasteiger partial charge in [0, 0.05) is 24.7 Å². The number of benzene rings is 1. The first-order valence-electron chi connectivity index (χ1n) is 7.69. The number of aliphatic carboxylic acids is 1. The molecule has 0 aliphatic carbocycles. The maximum atomic E-state index is 12.2. The van der Waals surface area contributed by atoms with Crippen molar-refractivity contribution in [1.29, 1.82) is 0 Å². The zero-order valence-corrected chi connectivity index (χ0v) is 13.2. The van der Waals surface area contributed by atoms with Gasteiger partial charge in [-0.15, -0.1) is 0 Å². The third-order valence-corrected chi connectivity index (χ3v) is 4.06. The Morgan fingerprint density at radius 3 is 2.71 bits per heavy atom. The lowest BCUT2D eigenvalue weighted by atomic mass is 10.1. The van der Waals surface area contributed by atoms with Crippen molar-refractivity contribution < 1.29 is 29.0 Å². The Kier molecular flexibility index (Phi) is 4.28. The maximum Gasteiger partial charge on any atom is 0.325 e. The Balaban J connectivity index is 1.71. The highest BCUT2D eigenvalue weighted by atomic mass is 16.6. The number of rotatable bonds is 4. The normalized spacial score (nSPS) is 20.6. The molecule has 1 aromatic rings. The molecule has 3 rings (SSSR count). The van der Waals surface area contributed by atoms with Crippen LogP contribution in [0.5, 0.6) is 11.5 Å². The van der Waals surface area contributed by atoms with Crippen molar-refractivity contribution in [2.45, 2.75) is 19.4 Å². The fourth-order valence-corrected chi connectivity index (χ4v) is 2.73. The number of carboxylic acid groups (broad SMARTS) is 1. The zero-order valence-electron chi connectivity index (χ0n) is 13.2. The van der Waals surface area contributed by atoms with E-state index in [1.165, 1.54) is 11.8 Å². The molecule has 0 radical (unpaired) electrons. The molecule has 24 heavy (non-hydrogen) atoms. The van der Waals surface area contributed by atoms with E-state index in [1.54, 1.807) is 18.2 Å². The number of anilines is 1. The molecule has 8 heteroatoms. The molecule has 0 bridgehead atoms. The first-order chi connectivity index (χ1) is 11.5. The van der Waals surface area contributed by atoms with Gasteiger partial charge in [0.1, 0.15) is 19.3 Å². The second-order valence-corrected chi connectivity index (χ2v) is 5.80. The van der Waals surface area contributed by atoms with Crippen molar-refractivity contribution in [3.63, 3.8) is 0 Å². The van der Waals surface area contributed by atoms with Crippen molar-refractivity contribution in [2.75, 3.05) is 24.7 Å². The fourth-order valence-electron chi connectivity index (χ4n) is 2.73. The molecule has 2 N–H and O–H groups in total. The second-order valence-electron chi connectivity index (χ2n) is 5.80. The molecule has 0 saturated carbocycles. The minimum absolute atomic E-state index is 0.0482. The van der Waals surface area contributed by atoms with Crippen LogP contribution in [0.25, 0.3) is 0 Å². The highest BCUT2D eigenvalue weighted by molar-refractivity contribution is 6.01. The molecule has 0 spiro atoms. The predicted molar refractivity (Wildman–Crippen MR) is 83.1 cm³/mol. The molecule has 2 aliphatic heterocycles. The van der Waals surface area contributed by atoms with Crippen molar-refractivity contribution in [3.05, 3.63) is 18.2 Å². The van der Waals surface area contributed by atoms with Crippen LogP contribution in [-0.4, -0.2) is 48.7 Å². The number of nitrogens with one attached hydrogen (secondary N) is 1. The summed E-state index contributed by atoms with van der Waals surface area (Å²) in [6.07, 6.45) is 0.0482. The quantitative estimate of drug-likeness (QED) is 0.826. The summed E-state index contributed by atoms with van der Waals surface area (Å²) in [5, 5.41) is 11.3. The van der Waals surface area contributed by atoms with E-state index in [4.69, 9.17) is 14.6 Å². The van der Waals surface area contributed by atoms with E-state index in [-0.39, 0.29) is 18.9 Å². The minimum Gasteiger partial charge on any atom is -0.486 e. The average Bonchev–Trinajstić information content (AvgIpc) is 2.96. The molecule has 1 unspecified atom stereocenters. The number of amides is 2. The molecule has 128 valence electrons. The number of fused-ring (bicyclic) bond motifs is 1. The molecule has 1 fully saturated rings. The first-order valence-corrected chi connectivity index (χ1v) is 7.69. The summed E-state index contributed by atoms with van der Waals surface area (Å²) >= 11 is 0. The minimum atomic E-state index is -1.11.